The molecule has 0 amide bonds. The van der Waals surface area contributed by atoms with E-state index < -0.39 is 17.9 Å². The molecule has 0 spiro atoms. The van der Waals surface area contributed by atoms with Gasteiger partial charge < -0.3 is 9.47 Å². The molecule has 0 radical (unpaired) electrons. The zero-order chi connectivity index (χ0) is 19.8. The monoisotopic (exact) mass is 394 g/mol. The molecule has 28 heavy (non-hydrogen) atoms. The van der Waals surface area contributed by atoms with Crippen molar-refractivity contribution in [2.75, 3.05) is 13.2 Å². The topological polar surface area (TPSA) is 18.5 Å². The van der Waals surface area contributed by atoms with Crippen molar-refractivity contribution in [3.8, 4) is 0 Å². The molecule has 2 aliphatic rings. The quantitative estimate of drug-likeness (QED) is 0.413. The predicted molar refractivity (Wildman–Crippen MR) is 108 cm³/mol. The zero-order valence-corrected chi connectivity index (χ0v) is 17.3. The van der Waals surface area contributed by atoms with Crippen molar-refractivity contribution in [3.63, 3.8) is 0 Å². The molecule has 2 nitrogen and oxygen atoms in total. The number of benzene rings is 1. The van der Waals surface area contributed by atoms with Crippen LogP contribution in [0.1, 0.15) is 89.4 Å². The number of halogens is 2. The lowest BCUT2D eigenvalue weighted by Gasteiger charge is -2.32. The SMILES string of the molecule is CCCCCCC1CCC(CCC2COC(c3ccc(F)c(F)c3)OC2)CC1. The van der Waals surface area contributed by atoms with E-state index in [0.29, 0.717) is 24.7 Å². The Labute approximate surface area is 169 Å². The van der Waals surface area contributed by atoms with E-state index >= 15 is 0 Å². The van der Waals surface area contributed by atoms with Crippen molar-refractivity contribution < 1.29 is 18.3 Å². The van der Waals surface area contributed by atoms with Crippen molar-refractivity contribution in [3.05, 3.63) is 35.4 Å². The van der Waals surface area contributed by atoms with Crippen LogP contribution in [0, 0.1) is 29.4 Å². The van der Waals surface area contributed by atoms with Crippen LogP contribution in [0.5, 0.6) is 0 Å². The van der Waals surface area contributed by atoms with Gasteiger partial charge in [0.1, 0.15) is 0 Å². The summed E-state index contributed by atoms with van der Waals surface area (Å²) in [6.45, 7) is 3.54. The molecule has 0 atom stereocenters. The van der Waals surface area contributed by atoms with E-state index in [9.17, 15) is 8.78 Å². The second kappa shape index (κ2) is 11.3. The highest BCUT2D eigenvalue weighted by Gasteiger charge is 2.26. The van der Waals surface area contributed by atoms with Gasteiger partial charge in [0.15, 0.2) is 17.9 Å². The molecule has 4 heteroatoms. The summed E-state index contributed by atoms with van der Waals surface area (Å²) in [7, 11) is 0. The van der Waals surface area contributed by atoms with Crippen LogP contribution in [0.25, 0.3) is 0 Å². The van der Waals surface area contributed by atoms with E-state index in [-0.39, 0.29) is 0 Å². The molecule has 0 aromatic heterocycles. The van der Waals surface area contributed by atoms with Crippen molar-refractivity contribution in [1.29, 1.82) is 0 Å². The summed E-state index contributed by atoms with van der Waals surface area (Å²) in [5, 5.41) is 0. The average Bonchev–Trinajstić information content (AvgIpc) is 2.73. The number of rotatable bonds is 9. The van der Waals surface area contributed by atoms with Crippen LogP contribution in [0.3, 0.4) is 0 Å². The molecular weight excluding hydrogens is 358 g/mol. The molecule has 1 aromatic carbocycles. The fourth-order valence-electron chi connectivity index (χ4n) is 4.70. The van der Waals surface area contributed by atoms with Gasteiger partial charge in [-0.25, -0.2) is 8.78 Å². The first-order chi connectivity index (χ1) is 13.7. The Morgan fingerprint density at radius 3 is 2.07 bits per heavy atom. The van der Waals surface area contributed by atoms with Gasteiger partial charge in [-0.05, 0) is 30.4 Å². The largest absolute Gasteiger partial charge is 0.348 e. The van der Waals surface area contributed by atoms with Crippen LogP contribution in [0.2, 0.25) is 0 Å². The second-order valence-corrected chi connectivity index (χ2v) is 8.85. The summed E-state index contributed by atoms with van der Waals surface area (Å²) in [6, 6.07) is 3.83. The van der Waals surface area contributed by atoms with E-state index in [2.05, 4.69) is 6.92 Å². The molecule has 1 saturated heterocycles. The van der Waals surface area contributed by atoms with Gasteiger partial charge in [0.05, 0.1) is 13.2 Å². The molecule has 0 bridgehead atoms. The Bertz CT molecular complexity index is 576. The highest BCUT2D eigenvalue weighted by atomic mass is 19.2. The Kier molecular flexibility index (Phi) is 8.72. The first-order valence-electron chi connectivity index (χ1n) is 11.3. The van der Waals surface area contributed by atoms with E-state index in [1.165, 1.54) is 76.3 Å². The second-order valence-electron chi connectivity index (χ2n) is 8.85. The minimum absolute atomic E-state index is 0.410. The Hall–Kier alpha value is -1.00. The molecule has 0 unspecified atom stereocenters. The van der Waals surface area contributed by atoms with Crippen molar-refractivity contribution in [1.82, 2.24) is 0 Å². The van der Waals surface area contributed by atoms with E-state index in [4.69, 9.17) is 9.47 Å². The fraction of sp³-hybridized carbons (Fsp3) is 0.750. The van der Waals surface area contributed by atoms with Gasteiger partial charge >= 0.3 is 0 Å². The number of hydrogen-bond donors (Lipinski definition) is 0. The number of hydrogen-bond acceptors (Lipinski definition) is 2. The van der Waals surface area contributed by atoms with E-state index in [1.807, 2.05) is 0 Å². The van der Waals surface area contributed by atoms with E-state index in [1.54, 1.807) is 0 Å². The maximum absolute atomic E-state index is 13.4. The third kappa shape index (κ3) is 6.52. The summed E-state index contributed by atoms with van der Waals surface area (Å²) in [4.78, 5) is 0. The molecule has 1 heterocycles. The highest BCUT2D eigenvalue weighted by Crippen LogP contribution is 2.36. The van der Waals surface area contributed by atoms with Crippen LogP contribution in [0.4, 0.5) is 8.78 Å². The zero-order valence-electron chi connectivity index (χ0n) is 17.3. The first-order valence-corrected chi connectivity index (χ1v) is 11.3. The number of ether oxygens (including phenoxy) is 2. The molecule has 1 aromatic rings. The third-order valence-corrected chi connectivity index (χ3v) is 6.60. The van der Waals surface area contributed by atoms with Gasteiger partial charge in [-0.2, -0.15) is 0 Å². The maximum atomic E-state index is 13.4. The lowest BCUT2D eigenvalue weighted by Crippen LogP contribution is -2.28. The summed E-state index contributed by atoms with van der Waals surface area (Å²) in [5.41, 5.74) is 0.551. The minimum atomic E-state index is -0.854. The first kappa shape index (κ1) is 21.7. The van der Waals surface area contributed by atoms with Crippen LogP contribution in [-0.4, -0.2) is 13.2 Å². The van der Waals surface area contributed by atoms with Gasteiger partial charge in [-0.1, -0.05) is 77.2 Å². The summed E-state index contributed by atoms with van der Waals surface area (Å²) in [5.74, 6) is 0.538. The third-order valence-electron chi connectivity index (χ3n) is 6.60. The Balaban J connectivity index is 1.30. The van der Waals surface area contributed by atoms with Crippen molar-refractivity contribution >= 4 is 0 Å². The van der Waals surface area contributed by atoms with E-state index in [0.717, 1.165) is 24.3 Å². The van der Waals surface area contributed by atoms with Gasteiger partial charge in [-0.15, -0.1) is 0 Å². The molecule has 1 aliphatic carbocycles. The molecule has 158 valence electrons. The minimum Gasteiger partial charge on any atom is -0.348 e. The summed E-state index contributed by atoms with van der Waals surface area (Å²) < 4.78 is 38.0. The van der Waals surface area contributed by atoms with Gasteiger partial charge in [0.2, 0.25) is 0 Å². The van der Waals surface area contributed by atoms with Gasteiger partial charge in [0, 0.05) is 11.5 Å². The average molecular weight is 395 g/mol. The van der Waals surface area contributed by atoms with Gasteiger partial charge in [0.25, 0.3) is 0 Å². The molecule has 1 saturated carbocycles. The fourth-order valence-corrected chi connectivity index (χ4v) is 4.70. The normalized spacial score (nSPS) is 28.4. The smallest absolute Gasteiger partial charge is 0.183 e. The van der Waals surface area contributed by atoms with Crippen LogP contribution in [-0.2, 0) is 9.47 Å². The lowest BCUT2D eigenvalue weighted by molar-refractivity contribution is -0.206. The highest BCUT2D eigenvalue weighted by molar-refractivity contribution is 5.19. The molecule has 3 rings (SSSR count). The Morgan fingerprint density at radius 2 is 1.43 bits per heavy atom. The standard InChI is InChI=1S/C24H36F2O2/c1-2-3-4-5-6-18-7-9-19(10-8-18)11-12-20-16-27-24(28-17-20)21-13-14-22(25)23(26)15-21/h13-15,18-20,24H,2-12,16-17H2,1H3. The molecule has 0 N–H and O–H groups in total. The summed E-state index contributed by atoms with van der Waals surface area (Å²) in [6.07, 6.45) is 14.4. The van der Waals surface area contributed by atoms with Crippen LogP contribution >= 0.6 is 0 Å². The maximum Gasteiger partial charge on any atom is 0.183 e. The molecule has 1 aliphatic heterocycles. The van der Waals surface area contributed by atoms with Crippen LogP contribution in [0.15, 0.2) is 18.2 Å². The number of unbranched alkanes of at least 4 members (excludes halogenated alkanes) is 3. The molecular formula is C24H36F2O2. The van der Waals surface area contributed by atoms with Crippen LogP contribution < -0.4 is 0 Å². The van der Waals surface area contributed by atoms with Crippen molar-refractivity contribution in [2.24, 2.45) is 17.8 Å². The summed E-state index contributed by atoms with van der Waals surface area (Å²) >= 11 is 0. The predicted octanol–water partition coefficient (Wildman–Crippen LogP) is 7.18. The van der Waals surface area contributed by atoms with Crippen molar-refractivity contribution in [2.45, 2.75) is 83.8 Å². The van der Waals surface area contributed by atoms with Gasteiger partial charge in [-0.3, -0.25) is 0 Å². The molecule has 2 fully saturated rings. The lowest BCUT2D eigenvalue weighted by atomic mass is 9.77. The Morgan fingerprint density at radius 1 is 0.786 bits per heavy atom.